The van der Waals surface area contributed by atoms with Gasteiger partial charge in [-0.15, -0.1) is 0 Å². The SMILES string of the molecule is COc1ccc(OC)c(NC(=O)C(C)Sc2nc3ccccc3n2C)c1. The van der Waals surface area contributed by atoms with Crippen LogP contribution in [-0.2, 0) is 11.8 Å². The van der Waals surface area contributed by atoms with Crippen LogP contribution in [0.2, 0.25) is 0 Å². The summed E-state index contributed by atoms with van der Waals surface area (Å²) in [6.07, 6.45) is 0. The van der Waals surface area contributed by atoms with Crippen molar-refractivity contribution in [1.29, 1.82) is 0 Å². The molecule has 2 aromatic carbocycles. The summed E-state index contributed by atoms with van der Waals surface area (Å²) < 4.78 is 12.5. The highest BCUT2D eigenvalue weighted by Gasteiger charge is 2.20. The van der Waals surface area contributed by atoms with E-state index >= 15 is 0 Å². The van der Waals surface area contributed by atoms with Gasteiger partial charge in [0.25, 0.3) is 0 Å². The van der Waals surface area contributed by atoms with Gasteiger partial charge in [0.15, 0.2) is 5.16 Å². The van der Waals surface area contributed by atoms with Crippen LogP contribution in [0, 0.1) is 0 Å². The number of fused-ring (bicyclic) bond motifs is 1. The summed E-state index contributed by atoms with van der Waals surface area (Å²) >= 11 is 1.41. The molecule has 7 heteroatoms. The molecule has 26 heavy (non-hydrogen) atoms. The van der Waals surface area contributed by atoms with Crippen LogP contribution in [0.1, 0.15) is 6.92 Å². The second-order valence-corrected chi connectivity index (χ2v) is 7.07. The molecule has 0 aliphatic heterocycles. The zero-order valence-electron chi connectivity index (χ0n) is 15.1. The van der Waals surface area contributed by atoms with Gasteiger partial charge >= 0.3 is 0 Å². The Morgan fingerprint density at radius 3 is 2.65 bits per heavy atom. The third kappa shape index (κ3) is 3.62. The van der Waals surface area contributed by atoms with Crippen LogP contribution < -0.4 is 14.8 Å². The number of aromatic nitrogens is 2. The molecular weight excluding hydrogens is 350 g/mol. The second-order valence-electron chi connectivity index (χ2n) is 5.76. The van der Waals surface area contributed by atoms with E-state index in [9.17, 15) is 4.79 Å². The van der Waals surface area contributed by atoms with Crippen LogP contribution in [0.4, 0.5) is 5.69 Å². The first-order chi connectivity index (χ1) is 12.5. The van der Waals surface area contributed by atoms with E-state index in [4.69, 9.17) is 9.47 Å². The van der Waals surface area contributed by atoms with Crippen LogP contribution in [0.5, 0.6) is 11.5 Å². The Morgan fingerprint density at radius 2 is 1.96 bits per heavy atom. The number of carbonyl (C=O) groups is 1. The normalized spacial score (nSPS) is 12.0. The Hall–Kier alpha value is -2.67. The molecule has 1 unspecified atom stereocenters. The number of hydrogen-bond donors (Lipinski definition) is 1. The summed E-state index contributed by atoms with van der Waals surface area (Å²) in [5.41, 5.74) is 2.53. The van der Waals surface area contributed by atoms with Crippen molar-refractivity contribution in [2.24, 2.45) is 7.05 Å². The van der Waals surface area contributed by atoms with Gasteiger partial charge in [0.05, 0.1) is 36.2 Å². The molecule has 3 rings (SSSR count). The molecule has 1 atom stereocenters. The molecule has 0 aliphatic rings. The minimum absolute atomic E-state index is 0.131. The first-order valence-electron chi connectivity index (χ1n) is 8.14. The smallest absolute Gasteiger partial charge is 0.237 e. The minimum Gasteiger partial charge on any atom is -0.497 e. The first kappa shape index (κ1) is 18.1. The summed E-state index contributed by atoms with van der Waals surface area (Å²) in [5, 5.41) is 3.37. The number of carbonyl (C=O) groups excluding carboxylic acids is 1. The lowest BCUT2D eigenvalue weighted by Gasteiger charge is -2.15. The zero-order chi connectivity index (χ0) is 18.7. The lowest BCUT2D eigenvalue weighted by molar-refractivity contribution is -0.115. The van der Waals surface area contributed by atoms with E-state index in [1.165, 1.54) is 11.8 Å². The zero-order valence-corrected chi connectivity index (χ0v) is 16.0. The van der Waals surface area contributed by atoms with Gasteiger partial charge < -0.3 is 19.4 Å². The highest BCUT2D eigenvalue weighted by atomic mass is 32.2. The molecule has 1 heterocycles. The average molecular weight is 371 g/mol. The number of methoxy groups -OCH3 is 2. The topological polar surface area (TPSA) is 65.4 Å². The lowest BCUT2D eigenvalue weighted by Crippen LogP contribution is -2.23. The van der Waals surface area contributed by atoms with E-state index in [-0.39, 0.29) is 11.2 Å². The van der Waals surface area contributed by atoms with E-state index < -0.39 is 0 Å². The third-order valence-corrected chi connectivity index (χ3v) is 5.21. The highest BCUT2D eigenvalue weighted by Crippen LogP contribution is 2.31. The van der Waals surface area contributed by atoms with Gasteiger partial charge in [0.1, 0.15) is 11.5 Å². The fraction of sp³-hybridized carbons (Fsp3) is 0.263. The maximum atomic E-state index is 12.6. The van der Waals surface area contributed by atoms with Crippen LogP contribution in [-0.4, -0.2) is 34.9 Å². The number of amides is 1. The Kier molecular flexibility index (Phi) is 5.37. The first-order valence-corrected chi connectivity index (χ1v) is 9.02. The van der Waals surface area contributed by atoms with Crippen molar-refractivity contribution < 1.29 is 14.3 Å². The summed E-state index contributed by atoms with van der Waals surface area (Å²) in [6.45, 7) is 1.85. The Morgan fingerprint density at radius 1 is 1.19 bits per heavy atom. The fourth-order valence-electron chi connectivity index (χ4n) is 2.59. The van der Waals surface area contributed by atoms with Gasteiger partial charge in [0, 0.05) is 13.1 Å². The summed E-state index contributed by atoms with van der Waals surface area (Å²) in [7, 11) is 5.10. The maximum Gasteiger partial charge on any atom is 0.237 e. The number of benzene rings is 2. The van der Waals surface area contributed by atoms with Crippen LogP contribution >= 0.6 is 11.8 Å². The van der Waals surface area contributed by atoms with Crippen molar-refractivity contribution in [3.63, 3.8) is 0 Å². The van der Waals surface area contributed by atoms with Gasteiger partial charge in [-0.1, -0.05) is 23.9 Å². The molecule has 0 fully saturated rings. The molecule has 1 N–H and O–H groups in total. The average Bonchev–Trinajstić information content (AvgIpc) is 2.97. The predicted octanol–water partition coefficient (Wildman–Crippen LogP) is 3.71. The molecule has 0 spiro atoms. The number of para-hydroxylation sites is 2. The number of imidazole rings is 1. The maximum absolute atomic E-state index is 12.6. The van der Waals surface area contributed by atoms with Crippen molar-refractivity contribution >= 4 is 34.4 Å². The minimum atomic E-state index is -0.332. The summed E-state index contributed by atoms with van der Waals surface area (Å²) in [6, 6.07) is 13.2. The van der Waals surface area contributed by atoms with E-state index in [0.29, 0.717) is 17.2 Å². The molecule has 0 radical (unpaired) electrons. The molecule has 0 bridgehead atoms. The second kappa shape index (κ2) is 7.70. The number of anilines is 1. The molecule has 0 saturated heterocycles. The Balaban J connectivity index is 1.76. The highest BCUT2D eigenvalue weighted by molar-refractivity contribution is 8.00. The molecule has 1 aromatic heterocycles. The Bertz CT molecular complexity index is 939. The number of ether oxygens (including phenoxy) is 2. The van der Waals surface area contributed by atoms with E-state index in [0.717, 1.165) is 16.2 Å². The van der Waals surface area contributed by atoms with Crippen molar-refractivity contribution in [2.45, 2.75) is 17.3 Å². The molecule has 1 amide bonds. The molecule has 0 aliphatic carbocycles. The fourth-order valence-corrected chi connectivity index (χ4v) is 3.48. The standard InChI is InChI=1S/C19H21N3O3S/c1-12(26-19-21-14-7-5-6-8-16(14)22(19)2)18(23)20-15-11-13(24-3)9-10-17(15)25-4/h5-12H,1-4H3,(H,20,23). The predicted molar refractivity (Wildman–Crippen MR) is 104 cm³/mol. The van der Waals surface area contributed by atoms with E-state index in [1.54, 1.807) is 32.4 Å². The van der Waals surface area contributed by atoms with Gasteiger partial charge in [-0.3, -0.25) is 4.79 Å². The van der Waals surface area contributed by atoms with Crippen LogP contribution in [0.15, 0.2) is 47.6 Å². The molecular formula is C19H21N3O3S. The summed E-state index contributed by atoms with van der Waals surface area (Å²) in [4.78, 5) is 17.2. The summed E-state index contributed by atoms with van der Waals surface area (Å²) in [5.74, 6) is 1.10. The number of nitrogens with zero attached hydrogens (tertiary/aromatic N) is 2. The van der Waals surface area contributed by atoms with Gasteiger partial charge in [-0.05, 0) is 31.2 Å². The number of rotatable bonds is 6. The van der Waals surface area contributed by atoms with Crippen molar-refractivity contribution in [3.05, 3.63) is 42.5 Å². The van der Waals surface area contributed by atoms with Gasteiger partial charge in [0.2, 0.25) is 5.91 Å². The Labute approximate surface area is 156 Å². The van der Waals surface area contributed by atoms with Crippen LogP contribution in [0.3, 0.4) is 0 Å². The van der Waals surface area contributed by atoms with Crippen molar-refractivity contribution in [2.75, 3.05) is 19.5 Å². The van der Waals surface area contributed by atoms with Gasteiger partial charge in [-0.25, -0.2) is 4.98 Å². The monoisotopic (exact) mass is 371 g/mol. The molecule has 3 aromatic rings. The van der Waals surface area contributed by atoms with Crippen LogP contribution in [0.25, 0.3) is 11.0 Å². The number of aryl methyl sites for hydroxylation is 1. The quantitative estimate of drug-likeness (QED) is 0.669. The number of hydrogen-bond acceptors (Lipinski definition) is 5. The number of thioether (sulfide) groups is 1. The van der Waals surface area contributed by atoms with E-state index in [2.05, 4.69) is 10.3 Å². The lowest BCUT2D eigenvalue weighted by atomic mass is 10.2. The molecule has 136 valence electrons. The molecule has 6 nitrogen and oxygen atoms in total. The van der Waals surface area contributed by atoms with Crippen molar-refractivity contribution in [3.8, 4) is 11.5 Å². The third-order valence-electron chi connectivity index (χ3n) is 4.06. The van der Waals surface area contributed by atoms with E-state index in [1.807, 2.05) is 42.8 Å². The largest absolute Gasteiger partial charge is 0.497 e. The molecule has 0 saturated carbocycles. The van der Waals surface area contributed by atoms with Gasteiger partial charge in [-0.2, -0.15) is 0 Å². The number of nitrogens with one attached hydrogen (secondary N) is 1. The van der Waals surface area contributed by atoms with Crippen molar-refractivity contribution in [1.82, 2.24) is 9.55 Å².